The van der Waals surface area contributed by atoms with Crippen LogP contribution >= 0.6 is 0 Å². The summed E-state index contributed by atoms with van der Waals surface area (Å²) in [6.45, 7) is 6.94. The molecular weight excluding hydrogens is 306 g/mol. The van der Waals surface area contributed by atoms with Gasteiger partial charge in [0.15, 0.2) is 11.5 Å². The van der Waals surface area contributed by atoms with E-state index in [1.54, 1.807) is 0 Å². The van der Waals surface area contributed by atoms with Crippen molar-refractivity contribution in [1.82, 2.24) is 5.32 Å². The van der Waals surface area contributed by atoms with Crippen LogP contribution in [0.2, 0.25) is 0 Å². The fourth-order valence-electron chi connectivity index (χ4n) is 3.24. The van der Waals surface area contributed by atoms with E-state index in [2.05, 4.69) is 19.2 Å². The van der Waals surface area contributed by atoms with Crippen LogP contribution in [0.25, 0.3) is 0 Å². The number of rotatable bonds is 4. The zero-order valence-electron chi connectivity index (χ0n) is 14.5. The Morgan fingerprint density at radius 1 is 1.08 bits per heavy atom. The topological polar surface area (TPSA) is 56.8 Å². The molecule has 0 spiro atoms. The van der Waals surface area contributed by atoms with Gasteiger partial charge in [-0.25, -0.2) is 0 Å². The number of nitrogens with one attached hydrogen (secondary N) is 1. The molecule has 1 aromatic carbocycles. The van der Waals surface area contributed by atoms with Gasteiger partial charge >= 0.3 is 0 Å². The lowest BCUT2D eigenvalue weighted by Crippen LogP contribution is -2.38. The van der Waals surface area contributed by atoms with Crippen molar-refractivity contribution in [3.63, 3.8) is 0 Å². The monoisotopic (exact) mass is 333 g/mol. The van der Waals surface area contributed by atoms with Crippen molar-refractivity contribution in [1.29, 1.82) is 0 Å². The summed E-state index contributed by atoms with van der Waals surface area (Å²) in [6.07, 6.45) is 2.49. The van der Waals surface area contributed by atoms with Crippen LogP contribution in [-0.4, -0.2) is 32.3 Å². The highest BCUT2D eigenvalue weighted by Crippen LogP contribution is 2.34. The van der Waals surface area contributed by atoms with Gasteiger partial charge in [0, 0.05) is 25.6 Å². The molecule has 1 fully saturated rings. The third-order valence-corrected chi connectivity index (χ3v) is 4.69. The molecule has 2 heterocycles. The number of hydrogen-bond acceptors (Lipinski definition) is 4. The zero-order chi connectivity index (χ0) is 16.9. The van der Waals surface area contributed by atoms with Crippen LogP contribution in [0.15, 0.2) is 18.2 Å². The van der Waals surface area contributed by atoms with E-state index in [1.807, 2.05) is 18.2 Å². The van der Waals surface area contributed by atoms with Gasteiger partial charge in [-0.05, 0) is 36.5 Å². The SMILES string of the molecule is CC(C)[C@H](NC(=O)C1CCOCC1)c1ccc2c(c1)OCCCO2. The molecule has 0 aliphatic carbocycles. The first kappa shape index (κ1) is 17.1. The average Bonchev–Trinajstić information content (AvgIpc) is 2.84. The van der Waals surface area contributed by atoms with Gasteiger partial charge < -0.3 is 19.5 Å². The van der Waals surface area contributed by atoms with E-state index in [9.17, 15) is 4.79 Å². The van der Waals surface area contributed by atoms with Crippen molar-refractivity contribution < 1.29 is 19.0 Å². The van der Waals surface area contributed by atoms with Gasteiger partial charge in [-0.1, -0.05) is 19.9 Å². The molecule has 132 valence electrons. The minimum Gasteiger partial charge on any atom is -0.490 e. The highest BCUT2D eigenvalue weighted by atomic mass is 16.5. The second kappa shape index (κ2) is 7.88. The third kappa shape index (κ3) is 4.01. The van der Waals surface area contributed by atoms with Crippen LogP contribution in [0, 0.1) is 11.8 Å². The van der Waals surface area contributed by atoms with Crippen molar-refractivity contribution in [2.24, 2.45) is 11.8 Å². The Hall–Kier alpha value is -1.75. The second-order valence-electron chi connectivity index (χ2n) is 6.87. The number of hydrogen-bond donors (Lipinski definition) is 1. The highest BCUT2D eigenvalue weighted by molar-refractivity contribution is 5.79. The summed E-state index contributed by atoms with van der Waals surface area (Å²) in [4.78, 5) is 12.6. The Balaban J connectivity index is 1.75. The lowest BCUT2D eigenvalue weighted by Gasteiger charge is -2.28. The fraction of sp³-hybridized carbons (Fsp3) is 0.632. The van der Waals surface area contributed by atoms with Gasteiger partial charge in [-0.15, -0.1) is 0 Å². The minimum absolute atomic E-state index is 0.0301. The fourth-order valence-corrected chi connectivity index (χ4v) is 3.24. The van der Waals surface area contributed by atoms with Crippen molar-refractivity contribution in [2.75, 3.05) is 26.4 Å². The van der Waals surface area contributed by atoms with E-state index in [0.717, 1.165) is 36.3 Å². The lowest BCUT2D eigenvalue weighted by atomic mass is 9.93. The smallest absolute Gasteiger partial charge is 0.223 e. The Labute approximate surface area is 143 Å². The number of ether oxygens (including phenoxy) is 3. The second-order valence-corrected chi connectivity index (χ2v) is 6.87. The third-order valence-electron chi connectivity index (χ3n) is 4.69. The molecule has 2 aliphatic heterocycles. The van der Waals surface area contributed by atoms with Gasteiger partial charge in [0.1, 0.15) is 0 Å². The van der Waals surface area contributed by atoms with E-state index >= 15 is 0 Å². The first-order valence-electron chi connectivity index (χ1n) is 8.93. The van der Waals surface area contributed by atoms with E-state index in [-0.39, 0.29) is 17.9 Å². The predicted molar refractivity (Wildman–Crippen MR) is 91.3 cm³/mol. The van der Waals surface area contributed by atoms with E-state index in [1.165, 1.54) is 0 Å². The predicted octanol–water partition coefficient (Wildman–Crippen LogP) is 3.09. The van der Waals surface area contributed by atoms with Crippen LogP contribution in [0.3, 0.4) is 0 Å². The normalized spacial score (nSPS) is 19.6. The first-order chi connectivity index (χ1) is 11.6. The molecule has 2 aliphatic rings. The molecule has 24 heavy (non-hydrogen) atoms. The first-order valence-corrected chi connectivity index (χ1v) is 8.93. The van der Waals surface area contributed by atoms with E-state index in [0.29, 0.717) is 32.3 Å². The molecule has 5 nitrogen and oxygen atoms in total. The molecule has 3 rings (SSSR count). The maximum atomic E-state index is 12.6. The number of carbonyl (C=O) groups excluding carboxylic acids is 1. The zero-order valence-corrected chi connectivity index (χ0v) is 14.5. The molecule has 0 bridgehead atoms. The van der Waals surface area contributed by atoms with Crippen molar-refractivity contribution >= 4 is 5.91 Å². The minimum atomic E-state index is -0.0301. The van der Waals surface area contributed by atoms with Crippen LogP contribution < -0.4 is 14.8 Å². The summed E-state index contributed by atoms with van der Waals surface area (Å²) in [6, 6.07) is 5.96. The summed E-state index contributed by atoms with van der Waals surface area (Å²) in [7, 11) is 0. The maximum Gasteiger partial charge on any atom is 0.223 e. The van der Waals surface area contributed by atoms with Crippen LogP contribution in [0.5, 0.6) is 11.5 Å². The molecule has 5 heteroatoms. The number of fused-ring (bicyclic) bond motifs is 1. The van der Waals surface area contributed by atoms with Crippen LogP contribution in [0.1, 0.15) is 44.7 Å². The molecule has 1 N–H and O–H groups in total. The molecular formula is C19H27NO4. The van der Waals surface area contributed by atoms with Crippen LogP contribution in [0.4, 0.5) is 0 Å². The Kier molecular flexibility index (Phi) is 5.61. The Morgan fingerprint density at radius 3 is 2.50 bits per heavy atom. The summed E-state index contributed by atoms with van der Waals surface area (Å²) in [5.41, 5.74) is 1.06. The van der Waals surface area contributed by atoms with E-state index in [4.69, 9.17) is 14.2 Å². The molecule has 0 aromatic heterocycles. The Bertz CT molecular complexity index is 566. The largest absolute Gasteiger partial charge is 0.490 e. The molecule has 1 aromatic rings. The van der Waals surface area contributed by atoms with Gasteiger partial charge in [-0.3, -0.25) is 4.79 Å². The molecule has 0 saturated carbocycles. The lowest BCUT2D eigenvalue weighted by molar-refractivity contribution is -0.129. The van der Waals surface area contributed by atoms with E-state index < -0.39 is 0 Å². The van der Waals surface area contributed by atoms with Gasteiger partial charge in [0.05, 0.1) is 19.3 Å². The Morgan fingerprint density at radius 2 is 1.79 bits per heavy atom. The molecule has 0 unspecified atom stereocenters. The van der Waals surface area contributed by atoms with Gasteiger partial charge in [0.25, 0.3) is 0 Å². The number of amides is 1. The standard InChI is InChI=1S/C19H27NO4/c1-13(2)18(20-19(21)14-6-10-22-11-7-14)15-4-5-16-17(12-15)24-9-3-8-23-16/h4-5,12-14,18H,3,6-11H2,1-2H3,(H,20,21)/t18-/m0/s1. The van der Waals surface area contributed by atoms with Gasteiger partial charge in [0.2, 0.25) is 5.91 Å². The maximum absolute atomic E-state index is 12.6. The molecule has 1 amide bonds. The van der Waals surface area contributed by atoms with Crippen molar-refractivity contribution in [3.05, 3.63) is 23.8 Å². The summed E-state index contributed by atoms with van der Waals surface area (Å²) in [5.74, 6) is 2.04. The summed E-state index contributed by atoms with van der Waals surface area (Å²) >= 11 is 0. The average molecular weight is 333 g/mol. The molecule has 1 atom stereocenters. The van der Waals surface area contributed by atoms with Crippen LogP contribution in [-0.2, 0) is 9.53 Å². The molecule has 1 saturated heterocycles. The van der Waals surface area contributed by atoms with Gasteiger partial charge in [-0.2, -0.15) is 0 Å². The summed E-state index contributed by atoms with van der Waals surface area (Å²) in [5, 5.41) is 3.23. The van der Waals surface area contributed by atoms with Crippen molar-refractivity contribution in [2.45, 2.75) is 39.2 Å². The highest BCUT2D eigenvalue weighted by Gasteiger charge is 2.26. The van der Waals surface area contributed by atoms with Crippen molar-refractivity contribution in [3.8, 4) is 11.5 Å². The summed E-state index contributed by atoms with van der Waals surface area (Å²) < 4.78 is 16.8. The molecule has 0 radical (unpaired) electrons. The quantitative estimate of drug-likeness (QED) is 0.920. The number of carbonyl (C=O) groups is 1. The number of benzene rings is 1.